The summed E-state index contributed by atoms with van der Waals surface area (Å²) in [6, 6.07) is 19.0. The lowest BCUT2D eigenvalue weighted by Gasteiger charge is -2.28. The third-order valence-electron chi connectivity index (χ3n) is 4.48. The Kier molecular flexibility index (Phi) is 7.73. The van der Waals surface area contributed by atoms with Gasteiger partial charge in [0.2, 0.25) is 9.70 Å². The van der Waals surface area contributed by atoms with Gasteiger partial charge in [0, 0.05) is 17.8 Å². The molecular formula is C21H17Cl3N4O3S. The molecule has 3 aromatic rings. The third kappa shape index (κ3) is 6.43. The highest BCUT2D eigenvalue weighted by molar-refractivity contribution is 7.80. The molecule has 11 heteroatoms. The fraction of sp³-hybridized carbons (Fsp3) is 0.143. The first kappa shape index (κ1) is 24.0. The number of anilines is 1. The first-order valence-electron chi connectivity index (χ1n) is 9.28. The van der Waals surface area contributed by atoms with Crippen LogP contribution in [0.5, 0.6) is 0 Å². The standard InChI is InChI=1S/C21H17Cl3N4O3S/c22-21(23,24)19(27-20(32)25-15-8-10-16(11-9-15)28(30)31)26-18(29)12-14-6-3-5-13-4-1-2-7-17(13)14/h1-11,19H,12H2,(H,26,29)(H2,25,27,32)/t19-/m1/s1. The number of nitro groups is 1. The van der Waals surface area contributed by atoms with Crippen molar-refractivity contribution in [1.82, 2.24) is 10.6 Å². The van der Waals surface area contributed by atoms with Gasteiger partial charge in [-0.25, -0.2) is 0 Å². The number of nitro benzene ring substituents is 1. The molecule has 0 saturated heterocycles. The van der Waals surface area contributed by atoms with Crippen molar-refractivity contribution < 1.29 is 9.72 Å². The lowest BCUT2D eigenvalue weighted by molar-refractivity contribution is -0.384. The van der Waals surface area contributed by atoms with Gasteiger partial charge in [0.25, 0.3) is 5.69 Å². The summed E-state index contributed by atoms with van der Waals surface area (Å²) in [7, 11) is 0. The lowest BCUT2D eigenvalue weighted by Crippen LogP contribution is -2.56. The van der Waals surface area contributed by atoms with Crippen LogP contribution in [0.2, 0.25) is 0 Å². The van der Waals surface area contributed by atoms with Crippen molar-refractivity contribution in [3.8, 4) is 0 Å². The molecule has 7 nitrogen and oxygen atoms in total. The van der Waals surface area contributed by atoms with E-state index in [9.17, 15) is 14.9 Å². The van der Waals surface area contributed by atoms with Crippen LogP contribution < -0.4 is 16.0 Å². The molecule has 0 fully saturated rings. The maximum Gasteiger partial charge on any atom is 0.269 e. The maximum atomic E-state index is 12.7. The first-order valence-corrected chi connectivity index (χ1v) is 10.8. The Balaban J connectivity index is 1.66. The van der Waals surface area contributed by atoms with Crippen LogP contribution in [0.4, 0.5) is 11.4 Å². The molecule has 0 spiro atoms. The second-order valence-electron chi connectivity index (χ2n) is 6.76. The van der Waals surface area contributed by atoms with Crippen LogP contribution in [0.25, 0.3) is 10.8 Å². The summed E-state index contributed by atoms with van der Waals surface area (Å²) in [6.07, 6.45) is -1.06. The molecule has 0 unspecified atom stereocenters. The maximum absolute atomic E-state index is 12.7. The molecule has 1 atom stereocenters. The molecule has 0 aliphatic carbocycles. The summed E-state index contributed by atoms with van der Waals surface area (Å²) in [5, 5.41) is 21.0. The van der Waals surface area contributed by atoms with E-state index < -0.39 is 14.9 Å². The number of amides is 1. The van der Waals surface area contributed by atoms with Crippen molar-refractivity contribution in [2.24, 2.45) is 0 Å². The van der Waals surface area contributed by atoms with Crippen molar-refractivity contribution >= 4 is 80.2 Å². The number of non-ortho nitro benzene ring substituents is 1. The Morgan fingerprint density at radius 2 is 1.66 bits per heavy atom. The Labute approximate surface area is 204 Å². The molecule has 3 N–H and O–H groups in total. The summed E-state index contributed by atoms with van der Waals surface area (Å²) in [4.78, 5) is 22.9. The van der Waals surface area contributed by atoms with E-state index in [1.165, 1.54) is 24.3 Å². The number of benzene rings is 3. The average molecular weight is 512 g/mol. The van der Waals surface area contributed by atoms with Gasteiger partial charge in [-0.15, -0.1) is 0 Å². The normalized spacial score (nSPS) is 12.1. The van der Waals surface area contributed by atoms with Gasteiger partial charge >= 0.3 is 0 Å². The molecule has 0 aromatic heterocycles. The number of carbonyl (C=O) groups is 1. The van der Waals surface area contributed by atoms with Crippen molar-refractivity contribution in [3.05, 3.63) is 82.4 Å². The highest BCUT2D eigenvalue weighted by Crippen LogP contribution is 2.29. The number of nitrogens with zero attached hydrogens (tertiary/aromatic N) is 1. The summed E-state index contributed by atoms with van der Waals surface area (Å²) < 4.78 is -1.91. The van der Waals surface area contributed by atoms with Gasteiger partial charge in [-0.3, -0.25) is 14.9 Å². The van der Waals surface area contributed by atoms with Crippen LogP contribution in [0.1, 0.15) is 5.56 Å². The first-order chi connectivity index (χ1) is 15.1. The van der Waals surface area contributed by atoms with E-state index in [1.54, 1.807) is 0 Å². The van der Waals surface area contributed by atoms with Gasteiger partial charge in [0.1, 0.15) is 6.17 Å². The minimum absolute atomic E-state index is 0.0561. The highest BCUT2D eigenvalue weighted by atomic mass is 35.6. The number of halogens is 3. The van der Waals surface area contributed by atoms with Gasteiger partial charge in [-0.05, 0) is 40.7 Å². The Morgan fingerprint density at radius 1 is 1.00 bits per heavy atom. The number of hydrogen-bond donors (Lipinski definition) is 3. The summed E-state index contributed by atoms with van der Waals surface area (Å²) >= 11 is 23.3. The number of nitrogens with one attached hydrogen (secondary N) is 3. The summed E-state index contributed by atoms with van der Waals surface area (Å²) in [5.41, 5.74) is 1.25. The predicted molar refractivity (Wildman–Crippen MR) is 132 cm³/mol. The van der Waals surface area contributed by atoms with Crippen LogP contribution in [0.15, 0.2) is 66.7 Å². The molecule has 0 aliphatic rings. The zero-order valence-corrected chi connectivity index (χ0v) is 19.4. The molecule has 0 aliphatic heterocycles. The van der Waals surface area contributed by atoms with Gasteiger partial charge in [0.05, 0.1) is 11.3 Å². The SMILES string of the molecule is O=C(Cc1cccc2ccccc12)N[C@H](NC(=S)Nc1ccc([N+](=O)[O-])cc1)C(Cl)(Cl)Cl. The van der Waals surface area contributed by atoms with Gasteiger partial charge in [-0.2, -0.15) is 0 Å². The number of hydrogen-bond acceptors (Lipinski definition) is 4. The van der Waals surface area contributed by atoms with E-state index in [-0.39, 0.29) is 23.1 Å². The molecule has 1 amide bonds. The second kappa shape index (κ2) is 10.3. The Hall–Kier alpha value is -2.65. The molecular weight excluding hydrogens is 495 g/mol. The quantitative estimate of drug-likeness (QED) is 0.140. The number of alkyl halides is 3. The lowest BCUT2D eigenvalue weighted by atomic mass is 10.0. The zero-order valence-electron chi connectivity index (χ0n) is 16.3. The van der Waals surface area contributed by atoms with E-state index in [4.69, 9.17) is 47.0 Å². The van der Waals surface area contributed by atoms with Gasteiger partial charge < -0.3 is 16.0 Å². The number of rotatable bonds is 6. The Morgan fingerprint density at radius 3 is 2.31 bits per heavy atom. The van der Waals surface area contributed by atoms with E-state index in [0.717, 1.165) is 16.3 Å². The predicted octanol–water partition coefficient (Wildman–Crippen LogP) is 5.09. The van der Waals surface area contributed by atoms with Crippen LogP contribution in [0.3, 0.4) is 0 Å². The van der Waals surface area contributed by atoms with E-state index in [1.807, 2.05) is 42.5 Å². The minimum Gasteiger partial charge on any atom is -0.339 e. The van der Waals surface area contributed by atoms with Gasteiger partial charge in [-0.1, -0.05) is 77.3 Å². The summed E-state index contributed by atoms with van der Waals surface area (Å²) in [5.74, 6) is -0.372. The number of fused-ring (bicyclic) bond motifs is 1. The number of carbonyl (C=O) groups excluding carboxylic acids is 1. The fourth-order valence-corrected chi connectivity index (χ4v) is 3.56. The smallest absolute Gasteiger partial charge is 0.269 e. The average Bonchev–Trinajstić information content (AvgIpc) is 2.73. The molecule has 0 bridgehead atoms. The molecule has 0 heterocycles. The molecule has 0 saturated carbocycles. The van der Waals surface area contributed by atoms with Crippen molar-refractivity contribution in [2.45, 2.75) is 16.4 Å². The van der Waals surface area contributed by atoms with Crippen molar-refractivity contribution in [1.29, 1.82) is 0 Å². The van der Waals surface area contributed by atoms with Crippen molar-refractivity contribution in [3.63, 3.8) is 0 Å². The topological polar surface area (TPSA) is 96.3 Å². The summed E-state index contributed by atoms with van der Waals surface area (Å²) in [6.45, 7) is 0. The third-order valence-corrected chi connectivity index (χ3v) is 5.35. The monoisotopic (exact) mass is 510 g/mol. The van der Waals surface area contributed by atoms with Crippen LogP contribution in [-0.4, -0.2) is 25.9 Å². The molecule has 32 heavy (non-hydrogen) atoms. The van der Waals surface area contributed by atoms with Crippen LogP contribution in [0, 0.1) is 10.1 Å². The number of thiocarbonyl (C=S) groups is 1. The zero-order chi connectivity index (χ0) is 23.3. The molecule has 3 aromatic carbocycles. The Bertz CT molecular complexity index is 1150. The van der Waals surface area contributed by atoms with E-state index >= 15 is 0 Å². The van der Waals surface area contributed by atoms with Crippen molar-refractivity contribution in [2.75, 3.05) is 5.32 Å². The van der Waals surface area contributed by atoms with E-state index in [0.29, 0.717) is 5.69 Å². The fourth-order valence-electron chi connectivity index (χ4n) is 3.00. The minimum atomic E-state index is -1.91. The van der Waals surface area contributed by atoms with Crippen LogP contribution in [-0.2, 0) is 11.2 Å². The molecule has 0 radical (unpaired) electrons. The van der Waals surface area contributed by atoms with Gasteiger partial charge in [0.15, 0.2) is 5.11 Å². The van der Waals surface area contributed by atoms with E-state index in [2.05, 4.69) is 16.0 Å². The highest BCUT2D eigenvalue weighted by Gasteiger charge is 2.34. The second-order valence-corrected chi connectivity index (χ2v) is 9.54. The molecule has 3 rings (SSSR count). The van der Waals surface area contributed by atoms with Crippen LogP contribution >= 0.6 is 47.0 Å². The molecule has 166 valence electrons. The largest absolute Gasteiger partial charge is 0.339 e.